The highest BCUT2D eigenvalue weighted by Crippen LogP contribution is 2.24. The van der Waals surface area contributed by atoms with E-state index in [2.05, 4.69) is 15.5 Å². The topological polar surface area (TPSA) is 90.4 Å². The van der Waals surface area contributed by atoms with Crippen molar-refractivity contribution in [3.63, 3.8) is 0 Å². The van der Waals surface area contributed by atoms with Crippen LogP contribution in [0.1, 0.15) is 18.9 Å². The second-order valence-corrected chi connectivity index (χ2v) is 7.38. The molecular formula is C23H28N4O4S. The quantitative estimate of drug-likeness (QED) is 0.427. The van der Waals surface area contributed by atoms with Gasteiger partial charge in [-0.3, -0.25) is 14.5 Å². The number of nitrogens with zero attached hydrogens (tertiary/aromatic N) is 2. The van der Waals surface area contributed by atoms with Gasteiger partial charge in [0.25, 0.3) is 0 Å². The first-order valence-corrected chi connectivity index (χ1v) is 10.8. The first kappa shape index (κ1) is 23.3. The van der Waals surface area contributed by atoms with Crippen LogP contribution in [0.5, 0.6) is 17.2 Å². The molecule has 2 aromatic carbocycles. The predicted octanol–water partition coefficient (Wildman–Crippen LogP) is 3.77. The molecule has 0 aliphatic heterocycles. The third kappa shape index (κ3) is 5.88. The lowest BCUT2D eigenvalue weighted by Gasteiger charge is -2.11. The third-order valence-corrected chi connectivity index (χ3v) is 5.26. The van der Waals surface area contributed by atoms with Gasteiger partial charge in [-0.2, -0.15) is 5.10 Å². The molecule has 0 saturated heterocycles. The number of rotatable bonds is 11. The molecule has 1 heterocycles. The number of amides is 1. The number of nitrogens with one attached hydrogen (secondary N) is 2. The van der Waals surface area contributed by atoms with E-state index in [0.717, 1.165) is 28.4 Å². The largest absolute Gasteiger partial charge is 0.497 e. The predicted molar refractivity (Wildman–Crippen MR) is 125 cm³/mol. The molecule has 1 amide bonds. The lowest BCUT2D eigenvalue weighted by Crippen LogP contribution is -2.26. The summed E-state index contributed by atoms with van der Waals surface area (Å²) in [5.74, 6) is 2.94. The smallest absolute Gasteiger partial charge is 0.221 e. The summed E-state index contributed by atoms with van der Waals surface area (Å²) in [6.45, 7) is 3.46. The Morgan fingerprint density at radius 3 is 2.56 bits per heavy atom. The van der Waals surface area contributed by atoms with Gasteiger partial charge in [0.05, 0.1) is 20.8 Å². The molecule has 3 aromatic rings. The SMILES string of the molecule is CCOc1ccc(-c2n[nH]c(=S)n2CCC(=O)NCCc2cc(OC)ccc2OC)cc1. The van der Waals surface area contributed by atoms with E-state index in [4.69, 9.17) is 26.4 Å². The number of carbonyl (C=O) groups is 1. The summed E-state index contributed by atoms with van der Waals surface area (Å²) < 4.78 is 18.4. The Balaban J connectivity index is 1.57. The minimum absolute atomic E-state index is 0.0624. The second-order valence-electron chi connectivity index (χ2n) is 6.99. The van der Waals surface area contributed by atoms with Gasteiger partial charge in [0.1, 0.15) is 17.2 Å². The number of aromatic nitrogens is 3. The first-order chi connectivity index (χ1) is 15.5. The molecule has 3 rings (SSSR count). The number of methoxy groups -OCH3 is 2. The zero-order valence-corrected chi connectivity index (χ0v) is 19.3. The van der Waals surface area contributed by atoms with Gasteiger partial charge in [-0.25, -0.2) is 0 Å². The number of hydrogen-bond donors (Lipinski definition) is 2. The van der Waals surface area contributed by atoms with Crippen molar-refractivity contribution in [2.24, 2.45) is 0 Å². The Morgan fingerprint density at radius 1 is 1.12 bits per heavy atom. The molecule has 32 heavy (non-hydrogen) atoms. The van der Waals surface area contributed by atoms with E-state index < -0.39 is 0 Å². The average molecular weight is 457 g/mol. The lowest BCUT2D eigenvalue weighted by atomic mass is 10.1. The monoisotopic (exact) mass is 456 g/mol. The molecule has 2 N–H and O–H groups in total. The van der Waals surface area contributed by atoms with Crippen LogP contribution in [0.2, 0.25) is 0 Å². The van der Waals surface area contributed by atoms with Crippen LogP contribution in [0.4, 0.5) is 0 Å². The highest BCUT2D eigenvalue weighted by atomic mass is 32.1. The lowest BCUT2D eigenvalue weighted by molar-refractivity contribution is -0.121. The number of benzene rings is 2. The van der Waals surface area contributed by atoms with Gasteiger partial charge in [-0.1, -0.05) is 0 Å². The maximum absolute atomic E-state index is 12.4. The van der Waals surface area contributed by atoms with Gasteiger partial charge >= 0.3 is 0 Å². The Morgan fingerprint density at radius 2 is 1.88 bits per heavy atom. The van der Waals surface area contributed by atoms with Gasteiger partial charge in [0, 0.05) is 25.1 Å². The van der Waals surface area contributed by atoms with Crippen molar-refractivity contribution in [1.29, 1.82) is 0 Å². The van der Waals surface area contributed by atoms with Crippen LogP contribution in [0.3, 0.4) is 0 Å². The van der Waals surface area contributed by atoms with Crippen LogP contribution in [0, 0.1) is 4.77 Å². The van der Waals surface area contributed by atoms with Gasteiger partial charge < -0.3 is 19.5 Å². The summed E-state index contributed by atoms with van der Waals surface area (Å²) in [6, 6.07) is 13.2. The molecular weight excluding hydrogens is 428 g/mol. The molecule has 1 aromatic heterocycles. The summed E-state index contributed by atoms with van der Waals surface area (Å²) in [5, 5.41) is 10.1. The van der Waals surface area contributed by atoms with Crippen molar-refractivity contribution in [2.45, 2.75) is 26.3 Å². The molecule has 9 heteroatoms. The van der Waals surface area contributed by atoms with Gasteiger partial charge in [0.15, 0.2) is 10.6 Å². The van der Waals surface area contributed by atoms with E-state index in [1.54, 1.807) is 14.2 Å². The van der Waals surface area contributed by atoms with Crippen LogP contribution >= 0.6 is 12.2 Å². The minimum Gasteiger partial charge on any atom is -0.497 e. The summed E-state index contributed by atoms with van der Waals surface area (Å²) >= 11 is 5.36. The van der Waals surface area contributed by atoms with Crippen molar-refractivity contribution in [2.75, 3.05) is 27.4 Å². The van der Waals surface area contributed by atoms with E-state index >= 15 is 0 Å². The van der Waals surface area contributed by atoms with E-state index in [-0.39, 0.29) is 12.3 Å². The highest BCUT2D eigenvalue weighted by molar-refractivity contribution is 7.71. The molecule has 8 nitrogen and oxygen atoms in total. The first-order valence-electron chi connectivity index (χ1n) is 10.4. The maximum atomic E-state index is 12.4. The molecule has 170 valence electrons. The van der Waals surface area contributed by atoms with Gasteiger partial charge in [-0.15, -0.1) is 0 Å². The fourth-order valence-corrected chi connectivity index (χ4v) is 3.55. The maximum Gasteiger partial charge on any atom is 0.221 e. The van der Waals surface area contributed by atoms with E-state index in [1.165, 1.54) is 0 Å². The van der Waals surface area contributed by atoms with Crippen molar-refractivity contribution in [1.82, 2.24) is 20.1 Å². The third-order valence-electron chi connectivity index (χ3n) is 4.95. The Bertz CT molecular complexity index is 1090. The fourth-order valence-electron chi connectivity index (χ4n) is 3.33. The zero-order valence-electron chi connectivity index (χ0n) is 18.5. The molecule has 0 aliphatic rings. The Labute approximate surface area is 192 Å². The molecule has 0 unspecified atom stereocenters. The average Bonchev–Trinajstić information content (AvgIpc) is 3.18. The molecule has 0 atom stereocenters. The normalized spacial score (nSPS) is 10.6. The Kier molecular flexibility index (Phi) is 8.27. The number of carbonyl (C=O) groups excluding carboxylic acids is 1. The molecule has 0 spiro atoms. The summed E-state index contributed by atoms with van der Waals surface area (Å²) in [6.07, 6.45) is 0.918. The van der Waals surface area contributed by atoms with E-state index in [0.29, 0.717) is 36.7 Å². The van der Waals surface area contributed by atoms with Gasteiger partial charge in [-0.05, 0) is 73.6 Å². The van der Waals surface area contributed by atoms with Crippen molar-refractivity contribution < 1.29 is 19.0 Å². The molecule has 0 radical (unpaired) electrons. The van der Waals surface area contributed by atoms with Crippen LogP contribution in [0.25, 0.3) is 11.4 Å². The van der Waals surface area contributed by atoms with Gasteiger partial charge in [0.2, 0.25) is 5.91 Å². The molecule has 0 saturated carbocycles. The summed E-state index contributed by atoms with van der Waals surface area (Å²) in [5.41, 5.74) is 1.87. The number of ether oxygens (including phenoxy) is 3. The van der Waals surface area contributed by atoms with Crippen LogP contribution in [-0.2, 0) is 17.8 Å². The Hall–Kier alpha value is -3.33. The van der Waals surface area contributed by atoms with Crippen molar-refractivity contribution >= 4 is 18.1 Å². The van der Waals surface area contributed by atoms with Crippen molar-refractivity contribution in [3.05, 3.63) is 52.8 Å². The van der Waals surface area contributed by atoms with E-state index in [1.807, 2.05) is 54.0 Å². The van der Waals surface area contributed by atoms with Crippen LogP contribution in [0.15, 0.2) is 42.5 Å². The van der Waals surface area contributed by atoms with Crippen LogP contribution < -0.4 is 19.5 Å². The molecule has 0 aliphatic carbocycles. The minimum atomic E-state index is -0.0624. The molecule has 0 bridgehead atoms. The summed E-state index contributed by atoms with van der Waals surface area (Å²) in [7, 11) is 3.25. The van der Waals surface area contributed by atoms with E-state index in [9.17, 15) is 4.79 Å². The number of H-pyrrole nitrogens is 1. The number of aromatic amines is 1. The van der Waals surface area contributed by atoms with Crippen molar-refractivity contribution in [3.8, 4) is 28.6 Å². The molecule has 0 fully saturated rings. The summed E-state index contributed by atoms with van der Waals surface area (Å²) in [4.78, 5) is 12.4. The fraction of sp³-hybridized carbons (Fsp3) is 0.348. The number of hydrogen-bond acceptors (Lipinski definition) is 6. The highest BCUT2D eigenvalue weighted by Gasteiger charge is 2.12. The standard InChI is InChI=1S/C23H28N4O4S/c1-4-31-18-7-5-16(6-8-18)22-25-26-23(32)27(22)14-12-21(28)24-13-11-17-15-19(29-2)9-10-20(17)30-3/h5-10,15H,4,11-14H2,1-3H3,(H,24,28)(H,26,32). The zero-order chi connectivity index (χ0) is 22.9. The van der Waals surface area contributed by atoms with Crippen LogP contribution in [-0.4, -0.2) is 48.0 Å². The second kappa shape index (κ2) is 11.3.